The molecule has 12 heteroatoms. The third-order valence-electron chi connectivity index (χ3n) is 12.3. The summed E-state index contributed by atoms with van der Waals surface area (Å²) in [6.45, 7) is 8.80. The molecule has 0 bridgehead atoms. The molecule has 11 nitrogen and oxygen atoms in total. The highest BCUT2D eigenvalue weighted by atomic mass is 32.2. The van der Waals surface area contributed by atoms with Crippen molar-refractivity contribution in [2.75, 3.05) is 38.8 Å². The van der Waals surface area contributed by atoms with Crippen molar-refractivity contribution in [1.29, 1.82) is 0 Å². The highest BCUT2D eigenvalue weighted by Crippen LogP contribution is 2.63. The van der Waals surface area contributed by atoms with Crippen molar-refractivity contribution in [2.45, 2.75) is 145 Å². The number of carbonyl (C=O) groups excluding carboxylic acids is 2. The molecule has 0 aromatic heterocycles. The summed E-state index contributed by atoms with van der Waals surface area (Å²) in [6.07, 6.45) is 21.1. The van der Waals surface area contributed by atoms with Crippen LogP contribution in [0.25, 0.3) is 0 Å². The Bertz CT molecular complexity index is 1750. The van der Waals surface area contributed by atoms with Crippen LogP contribution in [0.15, 0.2) is 76.8 Å². The van der Waals surface area contributed by atoms with E-state index in [0.29, 0.717) is 43.0 Å². The molecule has 4 N–H and O–H groups in total. The van der Waals surface area contributed by atoms with E-state index in [1.54, 1.807) is 31.0 Å². The van der Waals surface area contributed by atoms with Gasteiger partial charge in [-0.2, -0.15) is 0 Å². The molecule has 2 amide bonds. The van der Waals surface area contributed by atoms with Crippen molar-refractivity contribution in [2.24, 2.45) is 22.9 Å². The Balaban J connectivity index is 1.47. The minimum Gasteiger partial charge on any atom is -0.460 e. The van der Waals surface area contributed by atoms with Gasteiger partial charge >= 0.3 is 6.09 Å². The number of carbonyl (C=O) groups is 2. The summed E-state index contributed by atoms with van der Waals surface area (Å²) >= 11 is 1.64. The molecule has 1 saturated carbocycles. The van der Waals surface area contributed by atoms with Gasteiger partial charge in [-0.25, -0.2) is 4.79 Å². The maximum absolute atomic E-state index is 13.2. The zero-order chi connectivity index (χ0) is 43.5. The molecule has 2 aromatic rings. The van der Waals surface area contributed by atoms with Crippen LogP contribution in [0.3, 0.4) is 0 Å². The lowest BCUT2D eigenvalue weighted by atomic mass is 9.56. The Kier molecular flexibility index (Phi) is 20.0. The molecule has 2 aromatic carbocycles. The van der Waals surface area contributed by atoms with Crippen molar-refractivity contribution < 1.29 is 38.9 Å². The largest absolute Gasteiger partial charge is 0.460 e. The van der Waals surface area contributed by atoms with Gasteiger partial charge < -0.3 is 39.9 Å². The molecule has 1 fully saturated rings. The van der Waals surface area contributed by atoms with Crippen LogP contribution in [0.1, 0.15) is 134 Å². The number of unbranched alkanes of at least 4 members (excludes halogenated alkanes) is 11. The standard InChI is InChI=1S/C49H71N3O8S/c1-5-7-8-9-10-11-12-13-14-17-28-50-48(56)59-38-24-27-44-42(33-38)46-40(21-16-19-30-54)36(20-15-18-29-53)32-41-43(52-57-4)34-45(49(60-44,47(41)46)58-31-6-2)61-39-25-22-37(23-26-39)51-35(3)55/h6,22-27,32-33,36,40,45-47,53-54H,2,5,7-21,28-31,34H2,1,3-4H3,(H,50,56)(H,51,55)/t36-,40+,45-,46+,47+,49+/m0/s1. The van der Waals surface area contributed by atoms with Gasteiger partial charge in [0, 0.05) is 55.2 Å². The molecule has 2 aliphatic carbocycles. The van der Waals surface area contributed by atoms with Crippen LogP contribution in [0.2, 0.25) is 0 Å². The van der Waals surface area contributed by atoms with Crippen LogP contribution in [0.5, 0.6) is 11.5 Å². The highest BCUT2D eigenvalue weighted by Gasteiger charge is 2.64. The number of fused-ring (bicyclic) bond motifs is 2. The van der Waals surface area contributed by atoms with E-state index in [9.17, 15) is 19.8 Å². The van der Waals surface area contributed by atoms with Crippen LogP contribution in [-0.2, 0) is 14.4 Å². The lowest BCUT2D eigenvalue weighted by Gasteiger charge is -2.58. The van der Waals surface area contributed by atoms with Gasteiger partial charge in [0.1, 0.15) is 18.6 Å². The first kappa shape index (κ1) is 48.2. The third kappa shape index (κ3) is 13.3. The van der Waals surface area contributed by atoms with E-state index in [1.165, 1.54) is 58.3 Å². The molecule has 5 rings (SSSR count). The second-order valence-corrected chi connectivity index (χ2v) is 18.0. The zero-order valence-electron chi connectivity index (χ0n) is 36.8. The van der Waals surface area contributed by atoms with E-state index in [-0.39, 0.29) is 54.6 Å². The molecule has 1 heterocycles. The Morgan fingerprint density at radius 2 is 1.62 bits per heavy atom. The molecule has 0 unspecified atom stereocenters. The average molecular weight is 862 g/mol. The van der Waals surface area contributed by atoms with Gasteiger partial charge in [-0.1, -0.05) is 94.9 Å². The monoisotopic (exact) mass is 861 g/mol. The van der Waals surface area contributed by atoms with Crippen LogP contribution in [0.4, 0.5) is 10.5 Å². The third-order valence-corrected chi connectivity index (χ3v) is 13.6. The number of nitrogens with zero attached hydrogens (tertiary/aromatic N) is 1. The molecule has 0 saturated heterocycles. The number of anilines is 1. The van der Waals surface area contributed by atoms with Crippen molar-refractivity contribution in [3.63, 3.8) is 0 Å². The maximum atomic E-state index is 13.2. The summed E-state index contributed by atoms with van der Waals surface area (Å²) in [5, 5.41) is 29.9. The number of hydrogen-bond acceptors (Lipinski definition) is 10. The van der Waals surface area contributed by atoms with Gasteiger partial charge in [0.05, 0.1) is 23.5 Å². The van der Waals surface area contributed by atoms with Crippen LogP contribution in [0, 0.1) is 17.8 Å². The number of aliphatic hydroxyl groups excluding tert-OH is 2. The summed E-state index contributed by atoms with van der Waals surface area (Å²) in [6, 6.07) is 13.4. The number of hydrogen-bond donors (Lipinski definition) is 4. The predicted octanol–water partition coefficient (Wildman–Crippen LogP) is 10.7. The van der Waals surface area contributed by atoms with Gasteiger partial charge in [-0.3, -0.25) is 4.79 Å². The van der Waals surface area contributed by atoms with Gasteiger partial charge in [0.2, 0.25) is 11.7 Å². The number of aliphatic hydroxyl groups is 2. The Hall–Kier alpha value is -3.84. The van der Waals surface area contributed by atoms with Crippen LogP contribution < -0.4 is 20.1 Å². The minimum absolute atomic E-state index is 0.109. The Morgan fingerprint density at radius 1 is 0.934 bits per heavy atom. The molecular formula is C49H71N3O8S. The van der Waals surface area contributed by atoms with Gasteiger partial charge in [-0.05, 0) is 92.0 Å². The fourth-order valence-corrected chi connectivity index (χ4v) is 10.8. The van der Waals surface area contributed by atoms with Crippen LogP contribution >= 0.6 is 11.8 Å². The number of oxime groups is 1. The van der Waals surface area contributed by atoms with Crippen molar-refractivity contribution in [3.8, 4) is 11.5 Å². The minimum atomic E-state index is -1.16. The number of amides is 2. The van der Waals surface area contributed by atoms with Crippen molar-refractivity contribution in [3.05, 3.63) is 72.3 Å². The van der Waals surface area contributed by atoms with Gasteiger partial charge in [0.25, 0.3) is 0 Å². The number of benzene rings is 2. The SMILES string of the molecule is C=CCO[C@@]12Oc3ccc(OC(=O)NCCCCCCCCCCCC)cc3[C@H]3[C@H](CCCCO)[C@@H](CCCCO)C=C(C(=NOC)C[C@@H]1Sc1ccc(NC(C)=O)cc1)[C@H]32. The summed E-state index contributed by atoms with van der Waals surface area (Å²) in [4.78, 5) is 31.5. The fourth-order valence-electron chi connectivity index (χ4n) is 9.53. The number of allylic oxidation sites excluding steroid dienone is 1. The van der Waals surface area contributed by atoms with E-state index in [2.05, 4.69) is 35.4 Å². The molecule has 1 aliphatic heterocycles. The number of thioether (sulfide) groups is 1. The first-order valence-electron chi connectivity index (χ1n) is 22.9. The molecule has 3 aliphatic rings. The maximum Gasteiger partial charge on any atom is 0.412 e. The smallest absolute Gasteiger partial charge is 0.412 e. The van der Waals surface area contributed by atoms with Gasteiger partial charge in [0.15, 0.2) is 0 Å². The predicted molar refractivity (Wildman–Crippen MR) is 244 cm³/mol. The number of nitrogens with one attached hydrogen (secondary N) is 2. The first-order chi connectivity index (χ1) is 29.8. The molecule has 336 valence electrons. The molecule has 0 spiro atoms. The van der Waals surface area contributed by atoms with Gasteiger partial charge in [-0.15, -0.1) is 18.3 Å². The normalized spacial score (nSPS) is 23.3. The second kappa shape index (κ2) is 25.3. The van der Waals surface area contributed by atoms with E-state index in [1.807, 2.05) is 36.4 Å². The summed E-state index contributed by atoms with van der Waals surface area (Å²) < 4.78 is 20.2. The van der Waals surface area contributed by atoms with E-state index in [0.717, 1.165) is 60.3 Å². The zero-order valence-corrected chi connectivity index (χ0v) is 37.7. The average Bonchev–Trinajstić information content (AvgIpc) is 3.25. The molecule has 0 radical (unpaired) electrons. The first-order valence-corrected chi connectivity index (χ1v) is 23.8. The summed E-state index contributed by atoms with van der Waals surface area (Å²) in [5.41, 5.74) is 3.50. The van der Waals surface area contributed by atoms with Crippen LogP contribution in [-0.4, -0.2) is 72.4 Å². The lowest BCUT2D eigenvalue weighted by Crippen LogP contribution is -2.64. The molecular weight excluding hydrogens is 791 g/mol. The van der Waals surface area contributed by atoms with E-state index >= 15 is 0 Å². The Morgan fingerprint density at radius 3 is 2.28 bits per heavy atom. The summed E-state index contributed by atoms with van der Waals surface area (Å²) in [7, 11) is 1.57. The number of ether oxygens (including phenoxy) is 3. The summed E-state index contributed by atoms with van der Waals surface area (Å²) in [5.74, 6) is -0.413. The molecule has 6 atom stereocenters. The Labute approximate surface area is 368 Å². The quantitative estimate of drug-likeness (QED) is 0.0391. The second-order valence-electron chi connectivity index (χ2n) is 16.7. The van der Waals surface area contributed by atoms with E-state index in [4.69, 9.17) is 19.0 Å². The van der Waals surface area contributed by atoms with Crippen molar-refractivity contribution in [1.82, 2.24) is 5.32 Å². The topological polar surface area (TPSA) is 148 Å². The fraction of sp³-hybridized carbons (Fsp3) is 0.612. The van der Waals surface area contributed by atoms with Crippen molar-refractivity contribution >= 4 is 35.2 Å². The van der Waals surface area contributed by atoms with E-state index < -0.39 is 11.9 Å². The lowest BCUT2D eigenvalue weighted by molar-refractivity contribution is -0.223. The highest BCUT2D eigenvalue weighted by molar-refractivity contribution is 8.00. The number of rotatable bonds is 27. The molecule has 61 heavy (non-hydrogen) atoms.